The summed E-state index contributed by atoms with van der Waals surface area (Å²) in [4.78, 5) is 36.0. The van der Waals surface area contributed by atoms with Gasteiger partial charge in [-0.3, -0.25) is 14.3 Å². The molecule has 0 spiro atoms. The Kier molecular flexibility index (Phi) is 5.05. The summed E-state index contributed by atoms with van der Waals surface area (Å²) in [6, 6.07) is 8.65. The molecule has 29 heavy (non-hydrogen) atoms. The number of anilines is 1. The van der Waals surface area contributed by atoms with E-state index in [9.17, 15) is 9.59 Å². The quantitative estimate of drug-likeness (QED) is 0.530. The summed E-state index contributed by atoms with van der Waals surface area (Å²) in [5.74, 6) is 0.162. The maximum atomic E-state index is 12.6. The minimum atomic E-state index is -0.308. The van der Waals surface area contributed by atoms with Crippen molar-refractivity contribution >= 4 is 22.9 Å². The first-order valence-electron chi connectivity index (χ1n) is 8.98. The van der Waals surface area contributed by atoms with Crippen LogP contribution in [0.5, 0.6) is 0 Å². The Morgan fingerprint density at radius 1 is 1.24 bits per heavy atom. The average molecular weight is 406 g/mol. The number of thiazole rings is 1. The van der Waals surface area contributed by atoms with E-state index in [0.29, 0.717) is 34.9 Å². The number of amides is 1. The van der Waals surface area contributed by atoms with Crippen LogP contribution in [0.25, 0.3) is 22.0 Å². The van der Waals surface area contributed by atoms with Gasteiger partial charge < -0.3 is 10.3 Å². The van der Waals surface area contributed by atoms with E-state index in [1.165, 1.54) is 17.4 Å². The average Bonchev–Trinajstić information content (AvgIpc) is 3.37. The molecule has 0 saturated carbocycles. The van der Waals surface area contributed by atoms with Crippen molar-refractivity contribution in [2.45, 2.75) is 13.3 Å². The molecule has 0 radical (unpaired) electrons. The lowest BCUT2D eigenvalue weighted by Gasteiger charge is -2.07. The minimum absolute atomic E-state index is 0.202. The number of H-pyrrole nitrogens is 1. The van der Waals surface area contributed by atoms with E-state index in [4.69, 9.17) is 0 Å². The van der Waals surface area contributed by atoms with Crippen molar-refractivity contribution in [2.75, 3.05) is 5.32 Å². The summed E-state index contributed by atoms with van der Waals surface area (Å²) in [5, 5.41) is 9.41. The molecule has 1 amide bonds. The van der Waals surface area contributed by atoms with Crippen molar-refractivity contribution in [1.82, 2.24) is 24.7 Å². The molecule has 4 aromatic rings. The van der Waals surface area contributed by atoms with Crippen molar-refractivity contribution in [2.24, 2.45) is 7.05 Å². The molecule has 1 aromatic carbocycles. The van der Waals surface area contributed by atoms with Gasteiger partial charge in [-0.15, -0.1) is 11.3 Å². The molecule has 0 atom stereocenters. The fourth-order valence-electron chi connectivity index (χ4n) is 2.81. The lowest BCUT2D eigenvalue weighted by molar-refractivity contribution is 0.102. The number of benzene rings is 1. The molecule has 0 unspecified atom stereocenters. The van der Waals surface area contributed by atoms with Gasteiger partial charge in [0.05, 0.1) is 6.20 Å². The highest BCUT2D eigenvalue weighted by Gasteiger charge is 2.14. The van der Waals surface area contributed by atoms with E-state index in [1.54, 1.807) is 34.5 Å². The fraction of sp³-hybridized carbons (Fsp3) is 0.150. The Morgan fingerprint density at radius 3 is 2.86 bits per heavy atom. The fourth-order valence-corrected chi connectivity index (χ4v) is 3.58. The molecule has 3 aromatic heterocycles. The van der Waals surface area contributed by atoms with Crippen LogP contribution < -0.4 is 10.9 Å². The first kappa shape index (κ1) is 18.8. The van der Waals surface area contributed by atoms with E-state index in [2.05, 4.69) is 25.4 Å². The summed E-state index contributed by atoms with van der Waals surface area (Å²) in [7, 11) is 1.83. The second-order valence-corrected chi connectivity index (χ2v) is 7.27. The van der Waals surface area contributed by atoms with Gasteiger partial charge in [0.25, 0.3) is 11.5 Å². The van der Waals surface area contributed by atoms with Gasteiger partial charge in [-0.25, -0.2) is 9.97 Å². The molecular weight excluding hydrogens is 388 g/mol. The highest BCUT2D eigenvalue weighted by Crippen LogP contribution is 2.24. The van der Waals surface area contributed by atoms with Crippen LogP contribution in [0.3, 0.4) is 0 Å². The number of rotatable bonds is 5. The first-order valence-corrected chi connectivity index (χ1v) is 9.86. The molecule has 2 N–H and O–H groups in total. The van der Waals surface area contributed by atoms with Crippen LogP contribution in [-0.2, 0) is 13.5 Å². The number of hydrogen-bond acceptors (Lipinski definition) is 6. The van der Waals surface area contributed by atoms with Crippen LogP contribution in [-0.4, -0.2) is 30.6 Å². The Bertz CT molecular complexity index is 1240. The van der Waals surface area contributed by atoms with Gasteiger partial charge in [0.15, 0.2) is 0 Å². The second-order valence-electron chi connectivity index (χ2n) is 6.41. The van der Waals surface area contributed by atoms with Gasteiger partial charge in [-0.2, -0.15) is 5.10 Å². The number of carbonyl (C=O) groups is 1. The molecule has 0 aliphatic heterocycles. The molecule has 0 aliphatic rings. The summed E-state index contributed by atoms with van der Waals surface area (Å²) < 4.78 is 1.69. The van der Waals surface area contributed by atoms with Crippen LogP contribution in [0.2, 0.25) is 0 Å². The Morgan fingerprint density at radius 2 is 2.10 bits per heavy atom. The molecule has 0 bridgehead atoms. The predicted molar refractivity (Wildman–Crippen MR) is 112 cm³/mol. The summed E-state index contributed by atoms with van der Waals surface area (Å²) >= 11 is 1.39. The van der Waals surface area contributed by atoms with Gasteiger partial charge in [-0.1, -0.05) is 19.1 Å². The van der Waals surface area contributed by atoms with Crippen LogP contribution in [0.4, 0.5) is 5.69 Å². The van der Waals surface area contributed by atoms with Gasteiger partial charge in [0.2, 0.25) is 0 Å². The Balaban J connectivity index is 1.55. The standard InChI is InChI=1S/C20H18N6O2S/c1-3-14-8-17(27)25-18(22-14)12-5-4-6-15(7-12)23-19(28)16-11-29-20(24-16)13-9-21-26(2)10-13/h4-11H,3H2,1-2H3,(H,23,28)(H,22,25,27). The Labute approximate surface area is 170 Å². The molecule has 3 heterocycles. The highest BCUT2D eigenvalue weighted by molar-refractivity contribution is 7.13. The van der Waals surface area contributed by atoms with Gasteiger partial charge in [-0.05, 0) is 18.6 Å². The number of nitrogens with one attached hydrogen (secondary N) is 2. The summed E-state index contributed by atoms with van der Waals surface area (Å²) in [5.41, 5.74) is 3.01. The third-order valence-corrected chi connectivity index (χ3v) is 5.13. The molecule has 0 fully saturated rings. The van der Waals surface area contributed by atoms with Crippen molar-refractivity contribution in [3.05, 3.63) is 69.8 Å². The van der Waals surface area contributed by atoms with Crippen molar-refractivity contribution < 1.29 is 4.79 Å². The SMILES string of the molecule is CCc1cc(=O)[nH]c(-c2cccc(NC(=O)c3csc(-c4cnn(C)c4)n3)c2)n1. The number of nitrogens with zero attached hydrogens (tertiary/aromatic N) is 4. The number of aromatic amines is 1. The van der Waals surface area contributed by atoms with Crippen LogP contribution in [0, 0.1) is 0 Å². The molecule has 0 aliphatic carbocycles. The van der Waals surface area contributed by atoms with Gasteiger partial charge in [0, 0.05) is 47.2 Å². The smallest absolute Gasteiger partial charge is 0.275 e. The molecule has 0 saturated heterocycles. The molecule has 8 nitrogen and oxygen atoms in total. The van der Waals surface area contributed by atoms with E-state index >= 15 is 0 Å². The molecule has 146 valence electrons. The lowest BCUT2D eigenvalue weighted by atomic mass is 10.1. The minimum Gasteiger partial charge on any atom is -0.321 e. The van der Waals surface area contributed by atoms with Crippen LogP contribution in [0.1, 0.15) is 23.1 Å². The maximum Gasteiger partial charge on any atom is 0.275 e. The maximum absolute atomic E-state index is 12.6. The predicted octanol–water partition coefficient (Wildman–Crippen LogP) is 3.11. The highest BCUT2D eigenvalue weighted by atomic mass is 32.1. The zero-order valence-corrected chi connectivity index (χ0v) is 16.7. The zero-order valence-electron chi connectivity index (χ0n) is 15.8. The first-order chi connectivity index (χ1) is 14.0. The van der Waals surface area contributed by atoms with Crippen LogP contribution in [0.15, 0.2) is 52.9 Å². The number of carbonyl (C=O) groups excluding carboxylic acids is 1. The van der Waals surface area contributed by atoms with Crippen molar-refractivity contribution in [3.8, 4) is 22.0 Å². The van der Waals surface area contributed by atoms with E-state index < -0.39 is 0 Å². The second kappa shape index (κ2) is 7.80. The number of aromatic nitrogens is 5. The Hall–Kier alpha value is -3.59. The van der Waals surface area contributed by atoms with Gasteiger partial charge in [0.1, 0.15) is 16.5 Å². The summed E-state index contributed by atoms with van der Waals surface area (Å²) in [6.07, 6.45) is 4.22. The lowest BCUT2D eigenvalue weighted by Crippen LogP contribution is -2.13. The van der Waals surface area contributed by atoms with E-state index in [0.717, 1.165) is 10.6 Å². The molecule has 4 rings (SSSR count). The van der Waals surface area contributed by atoms with E-state index in [-0.39, 0.29) is 11.5 Å². The molecule has 9 heteroatoms. The van der Waals surface area contributed by atoms with Crippen molar-refractivity contribution in [3.63, 3.8) is 0 Å². The van der Waals surface area contributed by atoms with Crippen molar-refractivity contribution in [1.29, 1.82) is 0 Å². The van der Waals surface area contributed by atoms with Gasteiger partial charge >= 0.3 is 0 Å². The molecular formula is C20H18N6O2S. The van der Waals surface area contributed by atoms with Crippen LogP contribution >= 0.6 is 11.3 Å². The normalized spacial score (nSPS) is 10.8. The third kappa shape index (κ3) is 4.14. The zero-order chi connectivity index (χ0) is 20.4. The topological polar surface area (TPSA) is 106 Å². The largest absolute Gasteiger partial charge is 0.321 e. The summed E-state index contributed by atoms with van der Waals surface area (Å²) in [6.45, 7) is 1.94. The monoisotopic (exact) mass is 406 g/mol. The third-order valence-electron chi connectivity index (χ3n) is 4.24. The van der Waals surface area contributed by atoms with E-state index in [1.807, 2.05) is 26.2 Å². The number of hydrogen-bond donors (Lipinski definition) is 2. The number of aryl methyl sites for hydroxylation is 2.